The predicted molar refractivity (Wildman–Crippen MR) is 74.1 cm³/mol. The number of fused-ring (bicyclic) bond motifs is 1. The number of nitrogens with zero attached hydrogens (tertiary/aromatic N) is 1. The monoisotopic (exact) mass is 304 g/mol. The van der Waals surface area contributed by atoms with E-state index in [1.165, 1.54) is 6.07 Å². The van der Waals surface area contributed by atoms with Gasteiger partial charge in [-0.1, -0.05) is 28.1 Å². The van der Waals surface area contributed by atoms with Crippen LogP contribution in [0, 0.1) is 5.82 Å². The van der Waals surface area contributed by atoms with E-state index in [1.54, 1.807) is 6.07 Å². The first-order valence-corrected chi connectivity index (χ1v) is 6.69. The fraction of sp³-hybridized carbons (Fsp3) is 0.0714. The van der Waals surface area contributed by atoms with Crippen LogP contribution in [-0.2, 0) is 5.33 Å². The van der Waals surface area contributed by atoms with E-state index in [0.29, 0.717) is 10.9 Å². The number of halogens is 2. The Morgan fingerprint density at radius 1 is 1.17 bits per heavy atom. The molecule has 1 N–H and O–H groups in total. The number of aromatic amines is 1. The fourth-order valence-corrected chi connectivity index (χ4v) is 2.34. The Labute approximate surface area is 112 Å². The maximum Gasteiger partial charge on any atom is 0.138 e. The van der Waals surface area contributed by atoms with Gasteiger partial charge in [-0.2, -0.15) is 0 Å². The minimum absolute atomic E-state index is 0.202. The summed E-state index contributed by atoms with van der Waals surface area (Å²) in [6.07, 6.45) is 0. The van der Waals surface area contributed by atoms with Crippen molar-refractivity contribution >= 4 is 27.0 Å². The molecule has 90 valence electrons. The lowest BCUT2D eigenvalue weighted by Crippen LogP contribution is -1.88. The van der Waals surface area contributed by atoms with Crippen molar-refractivity contribution in [3.8, 4) is 11.4 Å². The van der Waals surface area contributed by atoms with Gasteiger partial charge in [-0.05, 0) is 35.9 Å². The summed E-state index contributed by atoms with van der Waals surface area (Å²) in [6.45, 7) is 0. The van der Waals surface area contributed by atoms with E-state index >= 15 is 0 Å². The zero-order valence-corrected chi connectivity index (χ0v) is 11.0. The van der Waals surface area contributed by atoms with Crippen molar-refractivity contribution < 1.29 is 4.39 Å². The number of nitrogens with one attached hydrogen (secondary N) is 1. The first kappa shape index (κ1) is 11.4. The highest BCUT2D eigenvalue weighted by molar-refractivity contribution is 9.08. The number of benzene rings is 2. The van der Waals surface area contributed by atoms with Gasteiger partial charge in [0.2, 0.25) is 0 Å². The van der Waals surface area contributed by atoms with E-state index < -0.39 is 0 Å². The molecule has 0 aliphatic rings. The molecule has 0 bridgehead atoms. The van der Waals surface area contributed by atoms with Crippen LogP contribution >= 0.6 is 15.9 Å². The maximum atomic E-state index is 13.4. The van der Waals surface area contributed by atoms with Gasteiger partial charge in [0, 0.05) is 10.9 Å². The topological polar surface area (TPSA) is 28.7 Å². The number of imidazole rings is 1. The fourth-order valence-electron chi connectivity index (χ4n) is 1.91. The Balaban J connectivity index is 2.13. The Kier molecular flexibility index (Phi) is 2.88. The molecule has 3 aromatic rings. The predicted octanol–water partition coefficient (Wildman–Crippen LogP) is 4.26. The van der Waals surface area contributed by atoms with Crippen molar-refractivity contribution in [1.29, 1.82) is 0 Å². The van der Waals surface area contributed by atoms with Crippen molar-refractivity contribution in [3.05, 3.63) is 53.8 Å². The zero-order chi connectivity index (χ0) is 12.5. The Morgan fingerprint density at radius 2 is 2.00 bits per heavy atom. The number of hydrogen-bond donors (Lipinski definition) is 1. The molecule has 1 aromatic heterocycles. The number of para-hydroxylation sites is 2. The van der Waals surface area contributed by atoms with Gasteiger partial charge < -0.3 is 4.98 Å². The summed E-state index contributed by atoms with van der Waals surface area (Å²) in [5.74, 6) is 0.560. The van der Waals surface area contributed by atoms with Gasteiger partial charge in [0.1, 0.15) is 11.6 Å². The summed E-state index contributed by atoms with van der Waals surface area (Å²) in [7, 11) is 0. The minimum atomic E-state index is -0.202. The number of H-pyrrole nitrogens is 1. The molecular formula is C14H10BrFN2. The lowest BCUT2D eigenvalue weighted by atomic mass is 10.1. The van der Waals surface area contributed by atoms with Crippen LogP contribution < -0.4 is 0 Å². The molecule has 0 radical (unpaired) electrons. The molecule has 0 spiro atoms. The van der Waals surface area contributed by atoms with Crippen LogP contribution in [0.5, 0.6) is 0 Å². The van der Waals surface area contributed by atoms with Crippen molar-refractivity contribution in [3.63, 3.8) is 0 Å². The molecule has 18 heavy (non-hydrogen) atoms. The molecule has 0 aliphatic carbocycles. The molecule has 0 amide bonds. The summed E-state index contributed by atoms with van der Waals surface area (Å²) in [6, 6.07) is 12.8. The molecule has 0 saturated carbocycles. The van der Waals surface area contributed by atoms with Gasteiger partial charge in [0.15, 0.2) is 0 Å². The van der Waals surface area contributed by atoms with Gasteiger partial charge in [-0.15, -0.1) is 0 Å². The van der Waals surface area contributed by atoms with Gasteiger partial charge in [-0.3, -0.25) is 0 Å². The van der Waals surface area contributed by atoms with E-state index in [9.17, 15) is 4.39 Å². The molecule has 3 rings (SSSR count). The van der Waals surface area contributed by atoms with Crippen LogP contribution in [0.2, 0.25) is 0 Å². The van der Waals surface area contributed by atoms with Crippen molar-refractivity contribution in [2.45, 2.75) is 5.33 Å². The van der Waals surface area contributed by atoms with E-state index in [2.05, 4.69) is 25.9 Å². The molecule has 0 unspecified atom stereocenters. The summed E-state index contributed by atoms with van der Waals surface area (Å²) in [5.41, 5.74) is 3.42. The third-order valence-electron chi connectivity index (χ3n) is 2.85. The van der Waals surface area contributed by atoms with Crippen LogP contribution in [-0.4, -0.2) is 9.97 Å². The number of aromatic nitrogens is 2. The Bertz CT molecular complexity index is 673. The third kappa shape index (κ3) is 1.93. The molecule has 0 atom stereocenters. The minimum Gasteiger partial charge on any atom is -0.338 e. The van der Waals surface area contributed by atoms with E-state index in [0.717, 1.165) is 22.4 Å². The summed E-state index contributed by atoms with van der Waals surface area (Å²) < 4.78 is 13.4. The second-order valence-corrected chi connectivity index (χ2v) is 4.60. The van der Waals surface area contributed by atoms with E-state index in [4.69, 9.17) is 0 Å². The normalized spacial score (nSPS) is 11.0. The van der Waals surface area contributed by atoms with Gasteiger partial charge in [0.05, 0.1) is 11.0 Å². The van der Waals surface area contributed by atoms with Crippen LogP contribution in [0.4, 0.5) is 4.39 Å². The van der Waals surface area contributed by atoms with Crippen LogP contribution in [0.25, 0.3) is 22.4 Å². The number of hydrogen-bond acceptors (Lipinski definition) is 1. The van der Waals surface area contributed by atoms with Crippen molar-refractivity contribution in [2.24, 2.45) is 0 Å². The van der Waals surface area contributed by atoms with E-state index in [1.807, 2.05) is 30.3 Å². The highest BCUT2D eigenvalue weighted by Gasteiger charge is 2.07. The smallest absolute Gasteiger partial charge is 0.138 e. The molecule has 0 fully saturated rings. The summed E-state index contributed by atoms with van der Waals surface area (Å²) >= 11 is 3.28. The Morgan fingerprint density at radius 3 is 2.78 bits per heavy atom. The second-order valence-electron chi connectivity index (χ2n) is 4.04. The molecular weight excluding hydrogens is 295 g/mol. The highest BCUT2D eigenvalue weighted by Crippen LogP contribution is 2.23. The SMILES string of the molecule is Fc1ccc(-c2nc3ccccc3[nH]2)cc1CBr. The van der Waals surface area contributed by atoms with Crippen LogP contribution in [0.15, 0.2) is 42.5 Å². The lowest BCUT2D eigenvalue weighted by Gasteiger charge is -2.01. The van der Waals surface area contributed by atoms with Crippen molar-refractivity contribution in [1.82, 2.24) is 9.97 Å². The standard InChI is InChI=1S/C14H10BrFN2/c15-8-10-7-9(5-6-11(10)16)14-17-12-3-1-2-4-13(12)18-14/h1-7H,8H2,(H,17,18). The van der Waals surface area contributed by atoms with Gasteiger partial charge >= 0.3 is 0 Å². The van der Waals surface area contributed by atoms with Crippen molar-refractivity contribution in [2.75, 3.05) is 0 Å². The second kappa shape index (κ2) is 4.53. The first-order valence-electron chi connectivity index (χ1n) is 5.57. The van der Waals surface area contributed by atoms with Crippen LogP contribution in [0.1, 0.15) is 5.56 Å². The molecule has 2 aromatic carbocycles. The molecule has 2 nitrogen and oxygen atoms in total. The average molecular weight is 305 g/mol. The van der Waals surface area contributed by atoms with Crippen LogP contribution in [0.3, 0.4) is 0 Å². The number of alkyl halides is 1. The quantitative estimate of drug-likeness (QED) is 0.704. The molecule has 0 aliphatic heterocycles. The first-order chi connectivity index (χ1) is 8.78. The molecule has 4 heteroatoms. The number of rotatable bonds is 2. The molecule has 0 saturated heterocycles. The Hall–Kier alpha value is -1.68. The van der Waals surface area contributed by atoms with Gasteiger partial charge in [0.25, 0.3) is 0 Å². The highest BCUT2D eigenvalue weighted by atomic mass is 79.9. The lowest BCUT2D eigenvalue weighted by molar-refractivity contribution is 0.618. The molecule has 1 heterocycles. The van der Waals surface area contributed by atoms with E-state index in [-0.39, 0.29) is 5.82 Å². The third-order valence-corrected chi connectivity index (χ3v) is 3.46. The average Bonchev–Trinajstić information content (AvgIpc) is 2.83. The summed E-state index contributed by atoms with van der Waals surface area (Å²) in [5, 5.41) is 0.493. The maximum absolute atomic E-state index is 13.4. The summed E-state index contributed by atoms with van der Waals surface area (Å²) in [4.78, 5) is 7.73. The largest absolute Gasteiger partial charge is 0.338 e. The zero-order valence-electron chi connectivity index (χ0n) is 9.45. The van der Waals surface area contributed by atoms with Gasteiger partial charge in [-0.25, -0.2) is 9.37 Å².